The summed E-state index contributed by atoms with van der Waals surface area (Å²) in [6.45, 7) is 4.04. The van der Waals surface area contributed by atoms with Crippen LogP contribution in [0.15, 0.2) is 24.3 Å². The average molecular weight is 373 g/mol. The molecule has 1 heterocycles. The van der Waals surface area contributed by atoms with Crippen LogP contribution in [0, 0.1) is 11.8 Å². The van der Waals surface area contributed by atoms with Crippen molar-refractivity contribution < 1.29 is 19.7 Å². The van der Waals surface area contributed by atoms with Crippen LogP contribution in [0.4, 0.5) is 0 Å². The van der Waals surface area contributed by atoms with E-state index in [1.807, 2.05) is 24.3 Å². The highest BCUT2D eigenvalue weighted by Crippen LogP contribution is 2.41. The molecule has 1 fully saturated rings. The molecule has 7 heteroatoms. The second kappa shape index (κ2) is 7.68. The van der Waals surface area contributed by atoms with Crippen LogP contribution in [-0.2, 0) is 18.4 Å². The van der Waals surface area contributed by atoms with E-state index in [9.17, 15) is 15.0 Å². The van der Waals surface area contributed by atoms with E-state index in [1.165, 1.54) is 0 Å². The summed E-state index contributed by atoms with van der Waals surface area (Å²) >= 11 is 0. The van der Waals surface area contributed by atoms with Crippen molar-refractivity contribution in [1.82, 2.24) is 15.0 Å². The lowest BCUT2D eigenvalue weighted by Crippen LogP contribution is -2.47. The summed E-state index contributed by atoms with van der Waals surface area (Å²) in [5.74, 6) is -0.168. The number of carboxylic acids is 1. The molecule has 7 nitrogen and oxygen atoms in total. The fourth-order valence-electron chi connectivity index (χ4n) is 3.91. The van der Waals surface area contributed by atoms with Gasteiger partial charge in [0.25, 0.3) is 0 Å². The van der Waals surface area contributed by atoms with Crippen LogP contribution in [0.5, 0.6) is 5.75 Å². The molecule has 1 aromatic heterocycles. The Bertz CT molecular complexity index is 800. The highest BCUT2D eigenvalue weighted by atomic mass is 16.5. The highest BCUT2D eigenvalue weighted by Gasteiger charge is 2.43. The van der Waals surface area contributed by atoms with Crippen molar-refractivity contribution in [3.05, 3.63) is 30.0 Å². The van der Waals surface area contributed by atoms with Gasteiger partial charge >= 0.3 is 5.97 Å². The Labute approximate surface area is 159 Å². The number of ether oxygens (including phenoxy) is 1. The summed E-state index contributed by atoms with van der Waals surface area (Å²) in [5, 5.41) is 27.0. The van der Waals surface area contributed by atoms with E-state index >= 15 is 0 Å². The molecule has 0 spiro atoms. The molecule has 0 saturated heterocycles. The number of hydrogen-bond acceptors (Lipinski definition) is 5. The standard InChI is InChI=1S/C20H27N3O4/c1-13(2)20(10-4-5-15(11-20)19(25)26)27-16-8-6-14(7-9-16)18-17(12-24)23(3)22-21-18/h6-9,13,15,24H,4-5,10-12H2,1-3H3,(H,25,26). The molecule has 0 bridgehead atoms. The van der Waals surface area contributed by atoms with Crippen molar-refractivity contribution in [3.8, 4) is 17.0 Å². The number of aryl methyl sites for hydroxylation is 1. The summed E-state index contributed by atoms with van der Waals surface area (Å²) in [4.78, 5) is 11.5. The number of benzene rings is 1. The zero-order valence-corrected chi connectivity index (χ0v) is 16.1. The maximum atomic E-state index is 11.5. The molecule has 1 aliphatic carbocycles. The number of aromatic nitrogens is 3. The first kappa shape index (κ1) is 19.4. The molecule has 146 valence electrons. The predicted molar refractivity (Wildman–Crippen MR) is 100 cm³/mol. The monoisotopic (exact) mass is 373 g/mol. The molecule has 27 heavy (non-hydrogen) atoms. The van der Waals surface area contributed by atoms with Crippen molar-refractivity contribution in [2.75, 3.05) is 0 Å². The van der Waals surface area contributed by atoms with E-state index < -0.39 is 11.6 Å². The minimum Gasteiger partial charge on any atom is -0.487 e. The molecule has 1 aromatic carbocycles. The molecular weight excluding hydrogens is 346 g/mol. The van der Waals surface area contributed by atoms with Crippen LogP contribution in [0.3, 0.4) is 0 Å². The van der Waals surface area contributed by atoms with Crippen LogP contribution >= 0.6 is 0 Å². The predicted octanol–water partition coefficient (Wildman–Crippen LogP) is 3.02. The number of hydrogen-bond donors (Lipinski definition) is 2. The van der Waals surface area contributed by atoms with Crippen LogP contribution < -0.4 is 4.74 Å². The quantitative estimate of drug-likeness (QED) is 0.808. The first-order valence-electron chi connectivity index (χ1n) is 9.38. The molecular formula is C20H27N3O4. The zero-order valence-electron chi connectivity index (χ0n) is 16.1. The minimum atomic E-state index is -0.738. The molecule has 3 rings (SSSR count). The Balaban J connectivity index is 1.82. The first-order chi connectivity index (χ1) is 12.9. The van der Waals surface area contributed by atoms with Gasteiger partial charge in [0.2, 0.25) is 0 Å². The zero-order chi connectivity index (χ0) is 19.6. The lowest BCUT2D eigenvalue weighted by Gasteiger charge is -2.43. The molecule has 1 aliphatic rings. The van der Waals surface area contributed by atoms with Crippen LogP contribution in [-0.4, -0.2) is 36.8 Å². The number of carboxylic acid groups (broad SMARTS) is 1. The minimum absolute atomic E-state index is 0.135. The third-order valence-corrected chi connectivity index (χ3v) is 5.69. The lowest BCUT2D eigenvalue weighted by atomic mass is 9.72. The van der Waals surface area contributed by atoms with E-state index in [4.69, 9.17) is 4.74 Å². The normalized spacial score (nSPS) is 22.8. The summed E-state index contributed by atoms with van der Waals surface area (Å²) in [5.41, 5.74) is 1.68. The van der Waals surface area contributed by atoms with Gasteiger partial charge in [-0.3, -0.25) is 4.79 Å². The number of carbonyl (C=O) groups is 1. The number of aliphatic carboxylic acids is 1. The van der Waals surface area contributed by atoms with Gasteiger partial charge in [-0.1, -0.05) is 19.1 Å². The second-order valence-electron chi connectivity index (χ2n) is 7.64. The Hall–Kier alpha value is -2.41. The number of aliphatic hydroxyl groups excluding tert-OH is 1. The summed E-state index contributed by atoms with van der Waals surface area (Å²) in [6, 6.07) is 7.54. The summed E-state index contributed by atoms with van der Waals surface area (Å²) < 4.78 is 7.94. The van der Waals surface area contributed by atoms with E-state index in [2.05, 4.69) is 24.2 Å². The van der Waals surface area contributed by atoms with Crippen LogP contribution in [0.25, 0.3) is 11.3 Å². The van der Waals surface area contributed by atoms with Crippen LogP contribution in [0.1, 0.15) is 45.2 Å². The second-order valence-corrected chi connectivity index (χ2v) is 7.64. The molecule has 1 saturated carbocycles. The van der Waals surface area contributed by atoms with E-state index in [1.54, 1.807) is 11.7 Å². The molecule has 2 N–H and O–H groups in total. The highest BCUT2D eigenvalue weighted by molar-refractivity contribution is 5.70. The Morgan fingerprint density at radius 3 is 2.67 bits per heavy atom. The van der Waals surface area contributed by atoms with Gasteiger partial charge in [-0.05, 0) is 49.4 Å². The van der Waals surface area contributed by atoms with Gasteiger partial charge in [-0.25, -0.2) is 4.68 Å². The van der Waals surface area contributed by atoms with Gasteiger partial charge in [0, 0.05) is 19.0 Å². The molecule has 0 radical (unpaired) electrons. The van der Waals surface area contributed by atoms with Crippen molar-refractivity contribution in [2.45, 2.75) is 51.7 Å². The Morgan fingerprint density at radius 1 is 1.37 bits per heavy atom. The maximum Gasteiger partial charge on any atom is 0.306 e. The third-order valence-electron chi connectivity index (χ3n) is 5.69. The number of rotatable bonds is 6. The van der Waals surface area contributed by atoms with Gasteiger partial charge in [0.1, 0.15) is 17.0 Å². The van der Waals surface area contributed by atoms with Gasteiger partial charge in [-0.15, -0.1) is 5.10 Å². The largest absolute Gasteiger partial charge is 0.487 e. The van der Waals surface area contributed by atoms with Crippen molar-refractivity contribution in [2.24, 2.45) is 18.9 Å². The summed E-state index contributed by atoms with van der Waals surface area (Å²) in [7, 11) is 1.74. The summed E-state index contributed by atoms with van der Waals surface area (Å²) in [6.07, 6.45) is 2.95. The van der Waals surface area contributed by atoms with Gasteiger partial charge in [0.15, 0.2) is 0 Å². The number of aliphatic hydroxyl groups is 1. The molecule has 0 aliphatic heterocycles. The van der Waals surface area contributed by atoms with Gasteiger partial charge in [0.05, 0.1) is 18.2 Å². The van der Waals surface area contributed by atoms with Crippen LogP contribution in [0.2, 0.25) is 0 Å². The van der Waals surface area contributed by atoms with E-state index in [0.717, 1.165) is 18.4 Å². The SMILES string of the molecule is CC(C)C1(Oc2ccc(-c3nnn(C)c3CO)cc2)CCCC(C(=O)O)C1. The molecule has 2 unspecified atom stereocenters. The Morgan fingerprint density at radius 2 is 2.07 bits per heavy atom. The molecule has 2 atom stereocenters. The smallest absolute Gasteiger partial charge is 0.306 e. The van der Waals surface area contributed by atoms with Gasteiger partial charge < -0.3 is 14.9 Å². The van der Waals surface area contributed by atoms with Crippen molar-refractivity contribution in [1.29, 1.82) is 0 Å². The average Bonchev–Trinajstić information content (AvgIpc) is 3.03. The van der Waals surface area contributed by atoms with Crippen molar-refractivity contribution in [3.63, 3.8) is 0 Å². The Kier molecular flexibility index (Phi) is 5.51. The maximum absolute atomic E-state index is 11.5. The molecule has 2 aromatic rings. The topological polar surface area (TPSA) is 97.5 Å². The molecule has 0 amide bonds. The van der Waals surface area contributed by atoms with Gasteiger partial charge in [-0.2, -0.15) is 0 Å². The van der Waals surface area contributed by atoms with E-state index in [-0.39, 0.29) is 18.4 Å². The van der Waals surface area contributed by atoms with Crippen molar-refractivity contribution >= 4 is 5.97 Å². The fourth-order valence-corrected chi connectivity index (χ4v) is 3.91. The lowest BCUT2D eigenvalue weighted by molar-refractivity contribution is -0.147. The third kappa shape index (κ3) is 3.83. The fraction of sp³-hybridized carbons (Fsp3) is 0.550. The van der Waals surface area contributed by atoms with E-state index in [0.29, 0.717) is 30.0 Å². The number of nitrogens with zero attached hydrogens (tertiary/aromatic N) is 3. The first-order valence-corrected chi connectivity index (χ1v) is 9.38.